The normalized spacial score (nSPS) is 9.94. The molecule has 0 heterocycles. The standard InChI is InChI=1S/C12H17N3O3/c1-4-13-10-8-6-7-9(11(10)15(17)18)12(16)14(3)5-2/h6-8,13H,4-5H2,1-3H3. The van der Waals surface area contributed by atoms with E-state index in [2.05, 4.69) is 5.32 Å². The van der Waals surface area contributed by atoms with E-state index in [0.29, 0.717) is 18.8 Å². The molecule has 0 aliphatic rings. The van der Waals surface area contributed by atoms with E-state index in [1.807, 2.05) is 13.8 Å². The van der Waals surface area contributed by atoms with E-state index >= 15 is 0 Å². The van der Waals surface area contributed by atoms with Gasteiger partial charge in [-0.05, 0) is 26.0 Å². The molecule has 98 valence electrons. The molecule has 1 amide bonds. The number of nitrogens with one attached hydrogen (secondary N) is 1. The van der Waals surface area contributed by atoms with E-state index in [0.717, 1.165) is 0 Å². The Balaban J connectivity index is 3.30. The minimum absolute atomic E-state index is 0.114. The maximum atomic E-state index is 12.1. The Labute approximate surface area is 106 Å². The van der Waals surface area contributed by atoms with Crippen molar-refractivity contribution in [3.8, 4) is 0 Å². The first-order valence-electron chi connectivity index (χ1n) is 5.79. The summed E-state index contributed by atoms with van der Waals surface area (Å²) in [7, 11) is 1.62. The molecule has 0 fully saturated rings. The molecule has 0 aromatic heterocycles. The topological polar surface area (TPSA) is 75.5 Å². The van der Waals surface area contributed by atoms with Crippen LogP contribution in [0.5, 0.6) is 0 Å². The Hall–Kier alpha value is -2.11. The highest BCUT2D eigenvalue weighted by Gasteiger charge is 2.25. The lowest BCUT2D eigenvalue weighted by atomic mass is 10.1. The van der Waals surface area contributed by atoms with Gasteiger partial charge >= 0.3 is 5.69 Å². The molecular weight excluding hydrogens is 234 g/mol. The van der Waals surface area contributed by atoms with Crippen LogP contribution in [0.4, 0.5) is 11.4 Å². The zero-order valence-electron chi connectivity index (χ0n) is 10.8. The molecule has 0 aliphatic carbocycles. The molecule has 1 rings (SSSR count). The maximum Gasteiger partial charge on any atom is 0.305 e. The largest absolute Gasteiger partial charge is 0.380 e. The third kappa shape index (κ3) is 2.77. The number of nitro groups is 1. The van der Waals surface area contributed by atoms with Gasteiger partial charge < -0.3 is 10.2 Å². The van der Waals surface area contributed by atoms with Crippen LogP contribution in [0.2, 0.25) is 0 Å². The van der Waals surface area contributed by atoms with Crippen LogP contribution in [0.3, 0.4) is 0 Å². The average Bonchev–Trinajstić information content (AvgIpc) is 2.36. The van der Waals surface area contributed by atoms with E-state index in [4.69, 9.17) is 0 Å². The quantitative estimate of drug-likeness (QED) is 0.642. The molecule has 0 atom stereocenters. The summed E-state index contributed by atoms with van der Waals surface area (Å²) >= 11 is 0. The smallest absolute Gasteiger partial charge is 0.305 e. The molecule has 1 aromatic carbocycles. The van der Waals surface area contributed by atoms with Crippen molar-refractivity contribution >= 4 is 17.3 Å². The molecule has 1 N–H and O–H groups in total. The number of anilines is 1. The van der Waals surface area contributed by atoms with Gasteiger partial charge in [0.1, 0.15) is 11.3 Å². The number of carbonyl (C=O) groups excluding carboxylic acids is 1. The molecule has 0 aliphatic heterocycles. The van der Waals surface area contributed by atoms with Gasteiger partial charge in [0.25, 0.3) is 5.91 Å². The monoisotopic (exact) mass is 251 g/mol. The number of amides is 1. The predicted octanol–water partition coefficient (Wildman–Crippen LogP) is 2.12. The number of hydrogen-bond acceptors (Lipinski definition) is 4. The summed E-state index contributed by atoms with van der Waals surface area (Å²) in [5, 5.41) is 14.0. The first-order valence-corrected chi connectivity index (χ1v) is 5.79. The Morgan fingerprint density at radius 1 is 1.44 bits per heavy atom. The van der Waals surface area contributed by atoms with E-state index in [-0.39, 0.29) is 17.2 Å². The molecule has 0 bridgehead atoms. The molecule has 0 spiro atoms. The van der Waals surface area contributed by atoms with Crippen LogP contribution in [0.1, 0.15) is 24.2 Å². The average molecular weight is 251 g/mol. The SMILES string of the molecule is CCNc1cccc(C(=O)N(C)CC)c1[N+](=O)[O-]. The molecule has 6 nitrogen and oxygen atoms in total. The van der Waals surface area contributed by atoms with Gasteiger partial charge in [-0.15, -0.1) is 0 Å². The number of nitrogens with zero attached hydrogens (tertiary/aromatic N) is 2. The molecule has 0 radical (unpaired) electrons. The first-order chi connectivity index (χ1) is 8.52. The molecule has 1 aromatic rings. The lowest BCUT2D eigenvalue weighted by Crippen LogP contribution is -2.27. The molecule has 0 unspecified atom stereocenters. The molecular formula is C12H17N3O3. The first kappa shape index (κ1) is 14.0. The zero-order valence-corrected chi connectivity index (χ0v) is 10.8. The van der Waals surface area contributed by atoms with Crippen LogP contribution in [0.25, 0.3) is 0 Å². The van der Waals surface area contributed by atoms with Gasteiger partial charge in [-0.1, -0.05) is 6.07 Å². The summed E-state index contributed by atoms with van der Waals surface area (Å²) in [5.41, 5.74) is 0.324. The number of hydrogen-bond donors (Lipinski definition) is 1. The Kier molecular flexibility index (Phi) is 4.65. The van der Waals surface area contributed by atoms with Crippen LogP contribution in [0, 0.1) is 10.1 Å². The fourth-order valence-electron chi connectivity index (χ4n) is 1.60. The van der Waals surface area contributed by atoms with Crippen molar-refractivity contribution in [1.82, 2.24) is 4.90 Å². The van der Waals surface area contributed by atoms with Crippen molar-refractivity contribution in [2.45, 2.75) is 13.8 Å². The third-order valence-electron chi connectivity index (χ3n) is 2.64. The number of nitro benzene ring substituents is 1. The Bertz CT molecular complexity index is 460. The summed E-state index contributed by atoms with van der Waals surface area (Å²) in [5.74, 6) is -0.344. The van der Waals surface area contributed by atoms with Crippen molar-refractivity contribution in [3.05, 3.63) is 33.9 Å². The van der Waals surface area contributed by atoms with Gasteiger partial charge in [-0.25, -0.2) is 0 Å². The van der Waals surface area contributed by atoms with Crippen molar-refractivity contribution < 1.29 is 9.72 Å². The fraction of sp³-hybridized carbons (Fsp3) is 0.417. The van der Waals surface area contributed by atoms with Crippen molar-refractivity contribution in [2.24, 2.45) is 0 Å². The zero-order chi connectivity index (χ0) is 13.7. The summed E-state index contributed by atoms with van der Waals surface area (Å²) in [4.78, 5) is 24.1. The van der Waals surface area contributed by atoms with E-state index in [9.17, 15) is 14.9 Å². The summed E-state index contributed by atoms with van der Waals surface area (Å²) in [6.07, 6.45) is 0. The van der Waals surface area contributed by atoms with Crippen LogP contribution in [-0.2, 0) is 0 Å². The van der Waals surface area contributed by atoms with Gasteiger partial charge in [-0.2, -0.15) is 0 Å². The summed E-state index contributed by atoms with van der Waals surface area (Å²) in [6, 6.07) is 4.72. The van der Waals surface area contributed by atoms with Crippen molar-refractivity contribution in [3.63, 3.8) is 0 Å². The maximum absolute atomic E-state index is 12.1. The summed E-state index contributed by atoms with van der Waals surface area (Å²) in [6.45, 7) is 4.72. The summed E-state index contributed by atoms with van der Waals surface area (Å²) < 4.78 is 0. The Morgan fingerprint density at radius 3 is 2.61 bits per heavy atom. The third-order valence-corrected chi connectivity index (χ3v) is 2.64. The molecule has 6 heteroatoms. The minimum atomic E-state index is -0.519. The van der Waals surface area contributed by atoms with E-state index < -0.39 is 4.92 Å². The van der Waals surface area contributed by atoms with Crippen molar-refractivity contribution in [1.29, 1.82) is 0 Å². The highest BCUT2D eigenvalue weighted by molar-refractivity contribution is 6.00. The minimum Gasteiger partial charge on any atom is -0.380 e. The number of carbonyl (C=O) groups is 1. The van der Waals surface area contributed by atoms with Gasteiger partial charge in [0, 0.05) is 20.1 Å². The predicted molar refractivity (Wildman–Crippen MR) is 69.9 cm³/mol. The highest BCUT2D eigenvalue weighted by atomic mass is 16.6. The molecule has 0 saturated carbocycles. The van der Waals surface area contributed by atoms with E-state index in [1.165, 1.54) is 11.0 Å². The van der Waals surface area contributed by atoms with Gasteiger partial charge in [0.05, 0.1) is 4.92 Å². The second-order valence-corrected chi connectivity index (χ2v) is 3.81. The van der Waals surface area contributed by atoms with Crippen molar-refractivity contribution in [2.75, 3.05) is 25.5 Å². The fourth-order valence-corrected chi connectivity index (χ4v) is 1.60. The molecule has 18 heavy (non-hydrogen) atoms. The van der Waals surface area contributed by atoms with Crippen LogP contribution >= 0.6 is 0 Å². The number of para-hydroxylation sites is 1. The number of benzene rings is 1. The molecule has 0 saturated heterocycles. The second kappa shape index (κ2) is 6.00. The second-order valence-electron chi connectivity index (χ2n) is 3.81. The van der Waals surface area contributed by atoms with Gasteiger partial charge in [0.15, 0.2) is 0 Å². The lowest BCUT2D eigenvalue weighted by Gasteiger charge is -2.15. The van der Waals surface area contributed by atoms with E-state index in [1.54, 1.807) is 19.2 Å². The van der Waals surface area contributed by atoms with Crippen LogP contribution < -0.4 is 5.32 Å². The Morgan fingerprint density at radius 2 is 2.11 bits per heavy atom. The highest BCUT2D eigenvalue weighted by Crippen LogP contribution is 2.29. The van der Waals surface area contributed by atoms with Gasteiger partial charge in [-0.3, -0.25) is 14.9 Å². The van der Waals surface area contributed by atoms with Crippen LogP contribution in [-0.4, -0.2) is 35.9 Å². The number of rotatable bonds is 5. The van der Waals surface area contributed by atoms with Gasteiger partial charge in [0.2, 0.25) is 0 Å². The lowest BCUT2D eigenvalue weighted by molar-refractivity contribution is -0.384. The van der Waals surface area contributed by atoms with Crippen LogP contribution in [0.15, 0.2) is 18.2 Å².